The molecule has 2 aliphatic carbocycles. The zero-order chi connectivity index (χ0) is 13.7. The summed E-state index contributed by atoms with van der Waals surface area (Å²) in [6.45, 7) is 0.678. The van der Waals surface area contributed by atoms with Crippen LogP contribution >= 0.6 is 0 Å². The second kappa shape index (κ2) is 6.74. The van der Waals surface area contributed by atoms with Crippen LogP contribution in [-0.4, -0.2) is 30.4 Å². The third-order valence-electron chi connectivity index (χ3n) is 5.39. The highest BCUT2D eigenvalue weighted by atomic mass is 16.2. The van der Waals surface area contributed by atoms with Gasteiger partial charge in [-0.1, -0.05) is 38.5 Å². The minimum atomic E-state index is 0.109. The minimum absolute atomic E-state index is 0.109. The summed E-state index contributed by atoms with van der Waals surface area (Å²) >= 11 is 0. The van der Waals surface area contributed by atoms with E-state index in [-0.39, 0.29) is 5.41 Å². The Hall–Kier alpha value is -0.570. The maximum atomic E-state index is 12.5. The van der Waals surface area contributed by atoms with Crippen LogP contribution in [0.25, 0.3) is 0 Å². The molecule has 0 radical (unpaired) electrons. The minimum Gasteiger partial charge on any atom is -0.343 e. The van der Waals surface area contributed by atoms with Gasteiger partial charge < -0.3 is 10.6 Å². The molecule has 0 aromatic rings. The molecule has 0 saturated heterocycles. The van der Waals surface area contributed by atoms with Crippen molar-refractivity contribution < 1.29 is 4.79 Å². The maximum Gasteiger partial charge on any atom is 0.223 e. The molecule has 2 fully saturated rings. The van der Waals surface area contributed by atoms with E-state index in [9.17, 15) is 4.79 Å². The van der Waals surface area contributed by atoms with Crippen molar-refractivity contribution in [3.05, 3.63) is 0 Å². The molecule has 0 unspecified atom stereocenters. The summed E-state index contributed by atoms with van der Waals surface area (Å²) in [6, 6.07) is 0.486. The Labute approximate surface area is 117 Å². The van der Waals surface area contributed by atoms with E-state index < -0.39 is 0 Å². The van der Waals surface area contributed by atoms with Crippen LogP contribution < -0.4 is 5.73 Å². The largest absolute Gasteiger partial charge is 0.343 e. The maximum absolute atomic E-state index is 12.5. The molecule has 0 bridgehead atoms. The summed E-state index contributed by atoms with van der Waals surface area (Å²) in [5, 5.41) is 0. The molecule has 19 heavy (non-hydrogen) atoms. The van der Waals surface area contributed by atoms with Crippen LogP contribution in [0.5, 0.6) is 0 Å². The summed E-state index contributed by atoms with van der Waals surface area (Å²) < 4.78 is 0. The Bertz CT molecular complexity index is 291. The van der Waals surface area contributed by atoms with E-state index in [0.29, 0.717) is 24.9 Å². The fourth-order valence-electron chi connectivity index (χ4n) is 3.87. The Morgan fingerprint density at radius 2 is 1.68 bits per heavy atom. The fourth-order valence-corrected chi connectivity index (χ4v) is 3.87. The van der Waals surface area contributed by atoms with Gasteiger partial charge in [0.1, 0.15) is 0 Å². The lowest BCUT2D eigenvalue weighted by Gasteiger charge is -2.39. The molecule has 0 spiro atoms. The van der Waals surface area contributed by atoms with Gasteiger partial charge >= 0.3 is 0 Å². The highest BCUT2D eigenvalue weighted by Gasteiger charge is 2.35. The highest BCUT2D eigenvalue weighted by Crippen LogP contribution is 2.39. The Morgan fingerprint density at radius 1 is 1.11 bits per heavy atom. The topological polar surface area (TPSA) is 46.3 Å². The Balaban J connectivity index is 1.90. The van der Waals surface area contributed by atoms with Gasteiger partial charge in [-0.25, -0.2) is 0 Å². The van der Waals surface area contributed by atoms with Gasteiger partial charge in [0, 0.05) is 19.5 Å². The van der Waals surface area contributed by atoms with Crippen molar-refractivity contribution in [3.8, 4) is 0 Å². The zero-order valence-corrected chi connectivity index (χ0v) is 12.5. The first kappa shape index (κ1) is 14.8. The first-order chi connectivity index (χ1) is 9.17. The summed E-state index contributed by atoms with van der Waals surface area (Å²) in [6.07, 6.45) is 13.1. The van der Waals surface area contributed by atoms with Crippen LogP contribution in [0.15, 0.2) is 0 Å². The van der Waals surface area contributed by atoms with E-state index in [1.54, 1.807) is 0 Å². The van der Waals surface area contributed by atoms with E-state index in [0.717, 1.165) is 12.8 Å². The number of nitrogens with zero attached hydrogens (tertiary/aromatic N) is 1. The van der Waals surface area contributed by atoms with Gasteiger partial charge in [0.15, 0.2) is 0 Å². The Morgan fingerprint density at radius 3 is 2.26 bits per heavy atom. The van der Waals surface area contributed by atoms with Gasteiger partial charge in [-0.2, -0.15) is 0 Å². The van der Waals surface area contributed by atoms with Crippen LogP contribution in [0.1, 0.15) is 70.6 Å². The van der Waals surface area contributed by atoms with Crippen molar-refractivity contribution in [1.82, 2.24) is 4.90 Å². The normalized spacial score (nSPS) is 24.1. The monoisotopic (exact) mass is 266 g/mol. The first-order valence-corrected chi connectivity index (χ1v) is 8.13. The summed E-state index contributed by atoms with van der Waals surface area (Å²) in [7, 11) is 2.01. The smallest absolute Gasteiger partial charge is 0.223 e. The van der Waals surface area contributed by atoms with Gasteiger partial charge in [-0.15, -0.1) is 0 Å². The van der Waals surface area contributed by atoms with Gasteiger partial charge in [-0.05, 0) is 37.6 Å². The molecule has 2 aliphatic rings. The average Bonchev–Trinajstić information content (AvgIpc) is 2.48. The molecule has 0 aromatic carbocycles. The van der Waals surface area contributed by atoms with Crippen molar-refractivity contribution in [2.45, 2.75) is 76.7 Å². The summed E-state index contributed by atoms with van der Waals surface area (Å²) in [5.74, 6) is 0.333. The molecular weight excluding hydrogens is 236 g/mol. The first-order valence-electron chi connectivity index (χ1n) is 8.13. The molecule has 0 atom stereocenters. The lowest BCUT2D eigenvalue weighted by atomic mass is 9.71. The molecule has 2 N–H and O–H groups in total. The molecule has 2 rings (SSSR count). The van der Waals surface area contributed by atoms with E-state index in [1.807, 2.05) is 11.9 Å². The van der Waals surface area contributed by atoms with Crippen LogP contribution in [0.2, 0.25) is 0 Å². The molecule has 0 heterocycles. The summed E-state index contributed by atoms with van der Waals surface area (Å²) in [4.78, 5) is 14.6. The number of carbonyl (C=O) groups is 1. The van der Waals surface area contributed by atoms with E-state index in [2.05, 4.69) is 0 Å². The quantitative estimate of drug-likeness (QED) is 0.850. The molecule has 0 aromatic heterocycles. The van der Waals surface area contributed by atoms with Gasteiger partial charge in [0.2, 0.25) is 5.91 Å². The molecule has 110 valence electrons. The lowest BCUT2D eigenvalue weighted by molar-refractivity contribution is -0.135. The number of hydrogen-bond donors (Lipinski definition) is 1. The number of carbonyl (C=O) groups excluding carboxylic acids is 1. The predicted molar refractivity (Wildman–Crippen MR) is 78.8 cm³/mol. The van der Waals surface area contributed by atoms with Crippen LogP contribution in [0, 0.1) is 5.41 Å². The van der Waals surface area contributed by atoms with E-state index in [1.165, 1.54) is 51.4 Å². The number of amides is 1. The van der Waals surface area contributed by atoms with E-state index >= 15 is 0 Å². The molecule has 2 saturated carbocycles. The highest BCUT2D eigenvalue weighted by molar-refractivity contribution is 5.77. The van der Waals surface area contributed by atoms with Gasteiger partial charge in [0.25, 0.3) is 0 Å². The molecular formula is C16H30N2O. The van der Waals surface area contributed by atoms with Gasteiger partial charge in [-0.3, -0.25) is 4.79 Å². The number of rotatable bonds is 4. The molecule has 0 aliphatic heterocycles. The van der Waals surface area contributed by atoms with Crippen molar-refractivity contribution in [2.75, 3.05) is 13.6 Å². The summed E-state index contributed by atoms with van der Waals surface area (Å²) in [5.41, 5.74) is 6.10. The van der Waals surface area contributed by atoms with Crippen molar-refractivity contribution in [3.63, 3.8) is 0 Å². The van der Waals surface area contributed by atoms with Crippen LogP contribution in [-0.2, 0) is 4.79 Å². The predicted octanol–water partition coefficient (Wildman–Crippen LogP) is 3.08. The number of hydrogen-bond acceptors (Lipinski definition) is 2. The third kappa shape index (κ3) is 3.71. The second-order valence-electron chi connectivity index (χ2n) is 6.74. The Kier molecular flexibility index (Phi) is 5.26. The van der Waals surface area contributed by atoms with E-state index in [4.69, 9.17) is 5.73 Å². The van der Waals surface area contributed by atoms with Crippen molar-refractivity contribution >= 4 is 5.91 Å². The zero-order valence-electron chi connectivity index (χ0n) is 12.5. The fraction of sp³-hybridized carbons (Fsp3) is 0.938. The van der Waals surface area contributed by atoms with Crippen LogP contribution in [0.3, 0.4) is 0 Å². The number of nitrogens with two attached hydrogens (primary N) is 1. The lowest BCUT2D eigenvalue weighted by Crippen LogP contribution is -2.43. The van der Waals surface area contributed by atoms with Crippen molar-refractivity contribution in [1.29, 1.82) is 0 Å². The average molecular weight is 266 g/mol. The SMILES string of the molecule is CN(C(=O)CC1(CN)CCCCC1)C1CCCCC1. The standard InChI is InChI=1S/C16H30N2O/c1-18(14-8-4-2-5-9-14)15(19)12-16(13-17)10-6-3-7-11-16/h14H,2-13,17H2,1H3. The van der Waals surface area contributed by atoms with Gasteiger partial charge in [0.05, 0.1) is 0 Å². The van der Waals surface area contributed by atoms with Crippen LogP contribution in [0.4, 0.5) is 0 Å². The third-order valence-corrected chi connectivity index (χ3v) is 5.39. The second-order valence-corrected chi connectivity index (χ2v) is 6.74. The molecule has 3 nitrogen and oxygen atoms in total. The molecule has 3 heteroatoms. The van der Waals surface area contributed by atoms with Crippen molar-refractivity contribution in [2.24, 2.45) is 11.1 Å². The molecule has 1 amide bonds.